The predicted molar refractivity (Wildman–Crippen MR) is 74.2 cm³/mol. The highest BCUT2D eigenvalue weighted by Gasteiger charge is 2.05. The monoisotopic (exact) mass is 304 g/mol. The summed E-state index contributed by atoms with van der Waals surface area (Å²) >= 11 is 3.38. The lowest BCUT2D eigenvalue weighted by Crippen LogP contribution is -2.21. The molecule has 1 atom stereocenters. The van der Waals surface area contributed by atoms with Gasteiger partial charge in [0.15, 0.2) is 0 Å². The van der Waals surface area contributed by atoms with Gasteiger partial charge in [0.05, 0.1) is 11.9 Å². The Morgan fingerprint density at radius 2 is 2.39 bits per heavy atom. The summed E-state index contributed by atoms with van der Waals surface area (Å²) in [5.41, 5.74) is 1.64. The van der Waals surface area contributed by atoms with Crippen molar-refractivity contribution in [3.63, 3.8) is 0 Å². The first-order valence-corrected chi connectivity index (χ1v) is 6.40. The second-order valence-corrected chi connectivity index (χ2v) is 4.97. The molecule has 0 aliphatic heterocycles. The third-order valence-electron chi connectivity index (χ3n) is 2.55. The van der Waals surface area contributed by atoms with Crippen LogP contribution in [0.2, 0.25) is 0 Å². The number of hydrogen-bond donors (Lipinski definition) is 1. The summed E-state index contributed by atoms with van der Waals surface area (Å²) in [5.74, 6) is 0. The van der Waals surface area contributed by atoms with E-state index in [9.17, 15) is 0 Å². The van der Waals surface area contributed by atoms with Crippen molar-refractivity contribution in [2.24, 2.45) is 0 Å². The fourth-order valence-corrected chi connectivity index (χ4v) is 2.20. The molecule has 1 aromatic carbocycles. The Labute approximate surface area is 114 Å². The van der Waals surface area contributed by atoms with Gasteiger partial charge in [0.2, 0.25) is 0 Å². The van der Waals surface area contributed by atoms with Gasteiger partial charge in [0, 0.05) is 35.1 Å². The molecule has 0 spiro atoms. The summed E-state index contributed by atoms with van der Waals surface area (Å²) < 4.78 is 2.83. The first kappa shape index (κ1) is 12.7. The number of rotatable bonds is 4. The molecule has 1 aromatic heterocycles. The van der Waals surface area contributed by atoms with E-state index in [2.05, 4.69) is 39.2 Å². The van der Waals surface area contributed by atoms with Crippen molar-refractivity contribution in [1.29, 1.82) is 5.26 Å². The summed E-state index contributed by atoms with van der Waals surface area (Å²) in [5, 5.41) is 12.2. The highest BCUT2D eigenvalue weighted by Crippen LogP contribution is 2.21. The predicted octanol–water partition coefficient (Wildman–Crippen LogP) is 3.02. The Hall–Kier alpha value is -1.80. The van der Waals surface area contributed by atoms with E-state index in [1.165, 1.54) is 0 Å². The van der Waals surface area contributed by atoms with E-state index in [1.807, 2.05) is 22.9 Å². The molecule has 0 aliphatic rings. The number of anilines is 1. The summed E-state index contributed by atoms with van der Waals surface area (Å²) in [6, 6.07) is 8.03. The maximum absolute atomic E-state index is 8.85. The van der Waals surface area contributed by atoms with Crippen LogP contribution in [0.3, 0.4) is 0 Å². The molecule has 0 fully saturated rings. The lowest BCUT2D eigenvalue weighted by Gasteiger charge is -2.16. The molecule has 1 unspecified atom stereocenters. The smallest absolute Gasteiger partial charge is 0.100 e. The van der Waals surface area contributed by atoms with Crippen molar-refractivity contribution in [2.75, 3.05) is 5.32 Å². The maximum Gasteiger partial charge on any atom is 0.100 e. The molecule has 18 heavy (non-hydrogen) atoms. The first-order chi connectivity index (χ1) is 8.69. The summed E-state index contributed by atoms with van der Waals surface area (Å²) in [6.07, 6.45) is 5.50. The number of imidazole rings is 1. The van der Waals surface area contributed by atoms with Crippen molar-refractivity contribution in [3.05, 3.63) is 47.0 Å². The minimum Gasteiger partial charge on any atom is -0.381 e. The van der Waals surface area contributed by atoms with Crippen LogP contribution in [0.15, 0.2) is 41.4 Å². The quantitative estimate of drug-likeness (QED) is 0.944. The molecule has 0 saturated heterocycles. The van der Waals surface area contributed by atoms with Crippen LogP contribution in [0.1, 0.15) is 12.5 Å². The van der Waals surface area contributed by atoms with Gasteiger partial charge in [-0.15, -0.1) is 0 Å². The number of nitriles is 1. The molecule has 2 aromatic rings. The standard InChI is InChI=1S/C13H13BrN4/c1-10(8-18-5-4-16-9-18)17-12-3-2-11(7-15)13(14)6-12/h2-6,9-10,17H,8H2,1H3. The van der Waals surface area contributed by atoms with E-state index >= 15 is 0 Å². The van der Waals surface area contributed by atoms with Crippen LogP contribution in [0.25, 0.3) is 0 Å². The number of benzene rings is 1. The fourth-order valence-electron chi connectivity index (χ4n) is 1.74. The zero-order valence-electron chi connectivity index (χ0n) is 9.97. The molecule has 1 heterocycles. The molecule has 0 saturated carbocycles. The molecule has 0 aliphatic carbocycles. The zero-order chi connectivity index (χ0) is 13.0. The van der Waals surface area contributed by atoms with Gasteiger partial charge in [-0.2, -0.15) is 5.26 Å². The van der Waals surface area contributed by atoms with Gasteiger partial charge in [0.1, 0.15) is 6.07 Å². The second-order valence-electron chi connectivity index (χ2n) is 4.11. The molecule has 4 nitrogen and oxygen atoms in total. The zero-order valence-corrected chi connectivity index (χ0v) is 11.6. The Bertz CT molecular complexity index is 557. The number of halogens is 1. The molecule has 0 bridgehead atoms. The molecule has 1 N–H and O–H groups in total. The number of hydrogen-bond acceptors (Lipinski definition) is 3. The van der Waals surface area contributed by atoms with E-state index < -0.39 is 0 Å². The van der Waals surface area contributed by atoms with E-state index in [-0.39, 0.29) is 6.04 Å². The van der Waals surface area contributed by atoms with Crippen LogP contribution in [0, 0.1) is 11.3 Å². The van der Waals surface area contributed by atoms with Crippen LogP contribution in [-0.2, 0) is 6.54 Å². The van der Waals surface area contributed by atoms with Crippen LogP contribution >= 0.6 is 15.9 Å². The van der Waals surface area contributed by atoms with Gasteiger partial charge < -0.3 is 9.88 Å². The van der Waals surface area contributed by atoms with Gasteiger partial charge in [-0.1, -0.05) is 0 Å². The summed E-state index contributed by atoms with van der Waals surface area (Å²) in [4.78, 5) is 4.01. The Morgan fingerprint density at radius 1 is 1.56 bits per heavy atom. The summed E-state index contributed by atoms with van der Waals surface area (Å²) in [7, 11) is 0. The van der Waals surface area contributed by atoms with Crippen molar-refractivity contribution >= 4 is 21.6 Å². The third kappa shape index (κ3) is 3.11. The molecular weight excluding hydrogens is 292 g/mol. The van der Waals surface area contributed by atoms with Crippen LogP contribution < -0.4 is 5.32 Å². The largest absolute Gasteiger partial charge is 0.381 e. The average Bonchev–Trinajstić information content (AvgIpc) is 2.82. The molecule has 0 radical (unpaired) electrons. The number of nitrogens with one attached hydrogen (secondary N) is 1. The minimum atomic E-state index is 0.277. The molecule has 2 rings (SSSR count). The van der Waals surface area contributed by atoms with Crippen molar-refractivity contribution in [2.45, 2.75) is 19.5 Å². The highest BCUT2D eigenvalue weighted by atomic mass is 79.9. The maximum atomic E-state index is 8.85. The normalized spacial score (nSPS) is 11.8. The lowest BCUT2D eigenvalue weighted by molar-refractivity contribution is 0.619. The van der Waals surface area contributed by atoms with Gasteiger partial charge in [-0.3, -0.25) is 0 Å². The number of nitrogens with zero attached hydrogens (tertiary/aromatic N) is 3. The summed E-state index contributed by atoms with van der Waals surface area (Å²) in [6.45, 7) is 2.95. The molecular formula is C13H13BrN4. The van der Waals surface area contributed by atoms with Crippen molar-refractivity contribution in [3.8, 4) is 6.07 Å². The van der Waals surface area contributed by atoms with Gasteiger partial charge >= 0.3 is 0 Å². The van der Waals surface area contributed by atoms with Crippen LogP contribution in [-0.4, -0.2) is 15.6 Å². The average molecular weight is 305 g/mol. The highest BCUT2D eigenvalue weighted by molar-refractivity contribution is 9.10. The fraction of sp³-hybridized carbons (Fsp3) is 0.231. The number of aromatic nitrogens is 2. The SMILES string of the molecule is CC(Cn1ccnc1)Nc1ccc(C#N)c(Br)c1. The lowest BCUT2D eigenvalue weighted by atomic mass is 10.2. The minimum absolute atomic E-state index is 0.277. The van der Waals surface area contributed by atoms with E-state index in [1.54, 1.807) is 18.6 Å². The molecule has 5 heteroatoms. The van der Waals surface area contributed by atoms with E-state index in [4.69, 9.17) is 5.26 Å². The van der Waals surface area contributed by atoms with Crippen molar-refractivity contribution in [1.82, 2.24) is 9.55 Å². The third-order valence-corrected chi connectivity index (χ3v) is 3.20. The van der Waals surface area contributed by atoms with Gasteiger partial charge in [-0.05, 0) is 41.1 Å². The molecule has 0 amide bonds. The van der Waals surface area contributed by atoms with Crippen LogP contribution in [0.4, 0.5) is 5.69 Å². The first-order valence-electron chi connectivity index (χ1n) is 5.61. The van der Waals surface area contributed by atoms with E-state index in [0.29, 0.717) is 5.56 Å². The topological polar surface area (TPSA) is 53.6 Å². The Kier molecular flexibility index (Phi) is 4.00. The Morgan fingerprint density at radius 3 is 3.00 bits per heavy atom. The Balaban J connectivity index is 2.01. The van der Waals surface area contributed by atoms with Gasteiger partial charge in [0.25, 0.3) is 0 Å². The van der Waals surface area contributed by atoms with E-state index in [0.717, 1.165) is 16.7 Å². The van der Waals surface area contributed by atoms with Gasteiger partial charge in [-0.25, -0.2) is 4.98 Å². The second kappa shape index (κ2) is 5.69. The van der Waals surface area contributed by atoms with Crippen molar-refractivity contribution < 1.29 is 0 Å². The molecule has 92 valence electrons. The van der Waals surface area contributed by atoms with Crippen LogP contribution in [0.5, 0.6) is 0 Å².